The Hall–Kier alpha value is -2.89. The first-order chi connectivity index (χ1) is 12.6. The Kier molecular flexibility index (Phi) is 5.51. The van der Waals surface area contributed by atoms with Crippen LogP contribution in [0, 0.1) is 10.1 Å². The molecule has 1 aliphatic rings. The normalized spacial score (nSPS) is 19.0. The van der Waals surface area contributed by atoms with Gasteiger partial charge < -0.3 is 4.74 Å². The molecule has 6 heteroatoms. The highest BCUT2D eigenvalue weighted by Crippen LogP contribution is 2.32. The standard InChI is InChI=1S/C20H22N2O4/c1-15(22(24)25)18(13-12-16-8-4-2-5-9-16)21-19(14-26-20(21)23)17-10-6-3-7-11-17/h2-11,15,18-19H,12-14H2,1H3/t15-,18+,19+/m1/s1. The van der Waals surface area contributed by atoms with Crippen LogP contribution in [0.3, 0.4) is 0 Å². The van der Waals surface area contributed by atoms with E-state index in [0.717, 1.165) is 11.1 Å². The molecule has 3 rings (SSSR count). The summed E-state index contributed by atoms with van der Waals surface area (Å²) in [6.07, 6.45) is 0.685. The van der Waals surface area contributed by atoms with Crippen LogP contribution in [0.1, 0.15) is 30.5 Å². The summed E-state index contributed by atoms with van der Waals surface area (Å²) in [6.45, 7) is 1.78. The fourth-order valence-corrected chi connectivity index (χ4v) is 3.44. The largest absolute Gasteiger partial charge is 0.447 e. The van der Waals surface area contributed by atoms with Gasteiger partial charge >= 0.3 is 6.09 Å². The summed E-state index contributed by atoms with van der Waals surface area (Å²) < 4.78 is 5.26. The zero-order chi connectivity index (χ0) is 18.5. The van der Waals surface area contributed by atoms with Gasteiger partial charge in [0.25, 0.3) is 0 Å². The molecule has 0 N–H and O–H groups in total. The van der Waals surface area contributed by atoms with Crippen LogP contribution in [0.25, 0.3) is 0 Å². The van der Waals surface area contributed by atoms with Crippen molar-refractivity contribution in [2.45, 2.75) is 37.9 Å². The third-order valence-corrected chi connectivity index (χ3v) is 4.91. The fourth-order valence-electron chi connectivity index (χ4n) is 3.44. The highest BCUT2D eigenvalue weighted by atomic mass is 16.6. The average molecular weight is 354 g/mol. The Balaban J connectivity index is 1.86. The Morgan fingerprint density at radius 3 is 2.38 bits per heavy atom. The summed E-state index contributed by atoms with van der Waals surface area (Å²) >= 11 is 0. The Bertz CT molecular complexity index is 751. The zero-order valence-corrected chi connectivity index (χ0v) is 14.7. The van der Waals surface area contributed by atoms with Crippen LogP contribution in [-0.4, -0.2) is 34.6 Å². The van der Waals surface area contributed by atoms with Crippen LogP contribution in [0.4, 0.5) is 4.79 Å². The number of benzene rings is 2. The van der Waals surface area contributed by atoms with Gasteiger partial charge in [-0.2, -0.15) is 0 Å². The lowest BCUT2D eigenvalue weighted by Gasteiger charge is -2.31. The maximum atomic E-state index is 12.4. The Morgan fingerprint density at radius 1 is 1.15 bits per heavy atom. The van der Waals surface area contributed by atoms with Crippen LogP contribution in [0.5, 0.6) is 0 Å². The van der Waals surface area contributed by atoms with E-state index in [-0.39, 0.29) is 17.6 Å². The molecule has 1 fully saturated rings. The quantitative estimate of drug-likeness (QED) is 0.559. The highest BCUT2D eigenvalue weighted by molar-refractivity contribution is 5.71. The van der Waals surface area contributed by atoms with Gasteiger partial charge in [0.15, 0.2) is 0 Å². The number of aryl methyl sites for hydroxylation is 1. The minimum absolute atomic E-state index is 0.217. The van der Waals surface area contributed by atoms with Gasteiger partial charge in [0, 0.05) is 11.8 Å². The summed E-state index contributed by atoms with van der Waals surface area (Å²) in [7, 11) is 0. The molecule has 1 amide bonds. The third-order valence-electron chi connectivity index (χ3n) is 4.91. The van der Waals surface area contributed by atoms with Crippen molar-refractivity contribution in [2.24, 2.45) is 0 Å². The molecule has 0 unspecified atom stereocenters. The van der Waals surface area contributed by atoms with Gasteiger partial charge in [-0.1, -0.05) is 60.7 Å². The molecular formula is C20H22N2O4. The first kappa shape index (κ1) is 17.9. The first-order valence-corrected chi connectivity index (χ1v) is 8.75. The van der Waals surface area contributed by atoms with Crippen molar-refractivity contribution in [2.75, 3.05) is 6.61 Å². The molecule has 26 heavy (non-hydrogen) atoms. The number of hydrogen-bond donors (Lipinski definition) is 0. The lowest BCUT2D eigenvalue weighted by molar-refractivity contribution is -0.525. The molecule has 2 aromatic carbocycles. The molecule has 2 aromatic rings. The summed E-state index contributed by atoms with van der Waals surface area (Å²) in [4.78, 5) is 25.1. The monoisotopic (exact) mass is 354 g/mol. The molecule has 0 bridgehead atoms. The minimum Gasteiger partial charge on any atom is -0.447 e. The van der Waals surface area contributed by atoms with E-state index < -0.39 is 18.2 Å². The predicted molar refractivity (Wildman–Crippen MR) is 97.4 cm³/mol. The second-order valence-electron chi connectivity index (χ2n) is 6.53. The van der Waals surface area contributed by atoms with Crippen LogP contribution in [0.2, 0.25) is 0 Å². The highest BCUT2D eigenvalue weighted by Gasteiger charge is 2.44. The smallest absolute Gasteiger partial charge is 0.410 e. The molecule has 0 spiro atoms. The Labute approximate surface area is 152 Å². The average Bonchev–Trinajstić information content (AvgIpc) is 3.05. The molecule has 1 heterocycles. The molecule has 1 saturated heterocycles. The number of hydrogen-bond acceptors (Lipinski definition) is 4. The number of carbonyl (C=O) groups is 1. The van der Waals surface area contributed by atoms with Gasteiger partial charge in [0.2, 0.25) is 6.04 Å². The number of rotatable bonds is 7. The van der Waals surface area contributed by atoms with Gasteiger partial charge in [0.1, 0.15) is 12.6 Å². The maximum absolute atomic E-state index is 12.4. The van der Waals surface area contributed by atoms with Crippen molar-refractivity contribution in [1.29, 1.82) is 0 Å². The van der Waals surface area contributed by atoms with Crippen molar-refractivity contribution in [3.05, 3.63) is 81.9 Å². The van der Waals surface area contributed by atoms with E-state index >= 15 is 0 Å². The number of amides is 1. The van der Waals surface area contributed by atoms with Gasteiger partial charge in [-0.05, 0) is 24.0 Å². The van der Waals surface area contributed by atoms with Crippen LogP contribution in [-0.2, 0) is 11.2 Å². The Morgan fingerprint density at radius 2 is 1.77 bits per heavy atom. The summed E-state index contributed by atoms with van der Waals surface area (Å²) in [5.74, 6) is 0. The second kappa shape index (κ2) is 7.99. The van der Waals surface area contributed by atoms with E-state index in [1.54, 1.807) is 11.8 Å². The van der Waals surface area contributed by atoms with Crippen molar-refractivity contribution >= 4 is 6.09 Å². The first-order valence-electron chi connectivity index (χ1n) is 8.75. The van der Waals surface area contributed by atoms with Crippen molar-refractivity contribution < 1.29 is 14.5 Å². The summed E-state index contributed by atoms with van der Waals surface area (Å²) in [6, 6.07) is 17.6. The van der Waals surface area contributed by atoms with E-state index in [1.807, 2.05) is 60.7 Å². The van der Waals surface area contributed by atoms with Crippen LogP contribution in [0.15, 0.2) is 60.7 Å². The fraction of sp³-hybridized carbons (Fsp3) is 0.350. The number of cyclic esters (lactones) is 1. The maximum Gasteiger partial charge on any atom is 0.410 e. The van der Waals surface area contributed by atoms with Gasteiger partial charge in [-0.15, -0.1) is 0 Å². The van der Waals surface area contributed by atoms with E-state index in [4.69, 9.17) is 4.74 Å². The molecule has 1 aliphatic heterocycles. The van der Waals surface area contributed by atoms with E-state index in [2.05, 4.69) is 0 Å². The molecule has 136 valence electrons. The molecule has 0 aromatic heterocycles. The SMILES string of the molecule is C[C@H]([C@H](CCc1ccccc1)N1C(=O)OC[C@H]1c1ccccc1)[N+](=O)[O-]. The van der Waals surface area contributed by atoms with Crippen molar-refractivity contribution in [1.82, 2.24) is 4.90 Å². The second-order valence-corrected chi connectivity index (χ2v) is 6.53. The van der Waals surface area contributed by atoms with Crippen molar-refractivity contribution in [3.63, 3.8) is 0 Å². The molecular weight excluding hydrogens is 332 g/mol. The van der Waals surface area contributed by atoms with Crippen LogP contribution >= 0.6 is 0 Å². The lowest BCUT2D eigenvalue weighted by Crippen LogP contribution is -2.47. The lowest BCUT2D eigenvalue weighted by atomic mass is 9.96. The third kappa shape index (κ3) is 3.85. The van der Waals surface area contributed by atoms with Crippen LogP contribution < -0.4 is 0 Å². The molecule has 6 nitrogen and oxygen atoms in total. The predicted octanol–water partition coefficient (Wildman–Crippen LogP) is 3.85. The van der Waals surface area contributed by atoms with E-state index in [1.165, 1.54) is 0 Å². The molecule has 0 aliphatic carbocycles. The molecule has 3 atom stereocenters. The van der Waals surface area contributed by atoms with Gasteiger partial charge in [0.05, 0.1) is 6.04 Å². The van der Waals surface area contributed by atoms with E-state index in [9.17, 15) is 14.9 Å². The topological polar surface area (TPSA) is 72.7 Å². The number of carbonyl (C=O) groups excluding carboxylic acids is 1. The van der Waals surface area contributed by atoms with Crippen molar-refractivity contribution in [3.8, 4) is 0 Å². The van der Waals surface area contributed by atoms with Gasteiger partial charge in [-0.25, -0.2) is 4.79 Å². The molecule has 0 saturated carbocycles. The van der Waals surface area contributed by atoms with Gasteiger partial charge in [-0.3, -0.25) is 15.0 Å². The molecule has 0 radical (unpaired) electrons. The number of ether oxygens (including phenoxy) is 1. The summed E-state index contributed by atoms with van der Waals surface area (Å²) in [5.41, 5.74) is 2.02. The summed E-state index contributed by atoms with van der Waals surface area (Å²) in [5, 5.41) is 11.5. The van der Waals surface area contributed by atoms with E-state index in [0.29, 0.717) is 12.8 Å². The zero-order valence-electron chi connectivity index (χ0n) is 14.7. The number of nitro groups is 1. The minimum atomic E-state index is -0.879. The number of nitrogens with zero attached hydrogens (tertiary/aromatic N) is 2.